The molecular weight excluding hydrogens is 188 g/mol. The van der Waals surface area contributed by atoms with E-state index in [1.165, 1.54) is 5.56 Å². The lowest BCUT2D eigenvalue weighted by Crippen LogP contribution is -2.50. The van der Waals surface area contributed by atoms with Crippen LogP contribution in [0.25, 0.3) is 0 Å². The molecule has 0 bridgehead atoms. The molecule has 76 valence electrons. The minimum atomic E-state index is -0.223. The molecule has 0 unspecified atom stereocenters. The first-order valence-electron chi connectivity index (χ1n) is 4.95. The number of hydrogen-bond acceptors (Lipinski definition) is 2. The number of carbonyl (C=O) groups excluding carboxylic acids is 1. The van der Waals surface area contributed by atoms with E-state index in [-0.39, 0.29) is 11.9 Å². The largest absolute Gasteiger partial charge is 0.322 e. The molecule has 0 radical (unpaired) electrons. The number of likely N-dealkylation sites (tertiary alicyclic amines) is 1. The number of benzene rings is 1. The lowest BCUT2D eigenvalue weighted by Gasteiger charge is -2.35. The van der Waals surface area contributed by atoms with E-state index in [0.717, 1.165) is 5.56 Å². The summed E-state index contributed by atoms with van der Waals surface area (Å²) in [4.78, 5) is 12.9. The lowest BCUT2D eigenvalue weighted by atomic mass is 10.0. The Morgan fingerprint density at radius 3 is 2.67 bits per heavy atom. The maximum Gasteiger partial charge on any atom is 0.227 e. The molecule has 1 saturated heterocycles. The SMILES string of the molecule is Cc1ccc(CN2C(=O)C[C@H]2C#N)cc1. The summed E-state index contributed by atoms with van der Waals surface area (Å²) in [6.07, 6.45) is 0.377. The zero-order valence-corrected chi connectivity index (χ0v) is 8.60. The maximum atomic E-state index is 11.2. The molecule has 1 aliphatic heterocycles. The average Bonchev–Trinajstić information content (AvgIpc) is 2.24. The summed E-state index contributed by atoms with van der Waals surface area (Å²) in [5.74, 6) is 0.0714. The van der Waals surface area contributed by atoms with Crippen LogP contribution in [0, 0.1) is 18.3 Å². The first kappa shape index (κ1) is 9.72. The van der Waals surface area contributed by atoms with Crippen LogP contribution in [0.1, 0.15) is 17.5 Å². The summed E-state index contributed by atoms with van der Waals surface area (Å²) in [6, 6.07) is 9.92. The van der Waals surface area contributed by atoms with E-state index in [2.05, 4.69) is 6.07 Å². The van der Waals surface area contributed by atoms with Crippen LogP contribution < -0.4 is 0 Å². The van der Waals surface area contributed by atoms with Crippen LogP contribution in [-0.4, -0.2) is 16.8 Å². The van der Waals surface area contributed by atoms with Gasteiger partial charge in [-0.25, -0.2) is 0 Å². The summed E-state index contributed by atoms with van der Waals surface area (Å²) < 4.78 is 0. The number of aryl methyl sites for hydroxylation is 1. The zero-order chi connectivity index (χ0) is 10.8. The number of rotatable bonds is 2. The van der Waals surface area contributed by atoms with E-state index in [9.17, 15) is 4.79 Å². The van der Waals surface area contributed by atoms with Crippen molar-refractivity contribution in [2.24, 2.45) is 0 Å². The molecule has 1 fully saturated rings. The van der Waals surface area contributed by atoms with Gasteiger partial charge in [0.1, 0.15) is 6.04 Å². The van der Waals surface area contributed by atoms with Crippen molar-refractivity contribution < 1.29 is 4.79 Å². The predicted molar refractivity (Wildman–Crippen MR) is 55.7 cm³/mol. The van der Waals surface area contributed by atoms with Crippen molar-refractivity contribution in [3.05, 3.63) is 35.4 Å². The highest BCUT2D eigenvalue weighted by Crippen LogP contribution is 2.21. The second-order valence-corrected chi connectivity index (χ2v) is 3.86. The van der Waals surface area contributed by atoms with Crippen molar-refractivity contribution in [3.63, 3.8) is 0 Å². The molecule has 1 atom stereocenters. The first-order chi connectivity index (χ1) is 7.20. The molecule has 1 amide bonds. The second kappa shape index (κ2) is 3.74. The van der Waals surface area contributed by atoms with Crippen molar-refractivity contribution in [1.82, 2.24) is 4.90 Å². The maximum absolute atomic E-state index is 11.2. The van der Waals surface area contributed by atoms with Crippen LogP contribution in [-0.2, 0) is 11.3 Å². The third-order valence-corrected chi connectivity index (χ3v) is 2.69. The van der Waals surface area contributed by atoms with Crippen molar-refractivity contribution in [2.75, 3.05) is 0 Å². The Morgan fingerprint density at radius 2 is 2.13 bits per heavy atom. The first-order valence-corrected chi connectivity index (χ1v) is 4.95. The number of amides is 1. The van der Waals surface area contributed by atoms with Crippen LogP contribution in [0.4, 0.5) is 0 Å². The highest BCUT2D eigenvalue weighted by atomic mass is 16.2. The van der Waals surface area contributed by atoms with E-state index < -0.39 is 0 Å². The topological polar surface area (TPSA) is 44.1 Å². The van der Waals surface area contributed by atoms with Gasteiger partial charge in [0.15, 0.2) is 0 Å². The van der Waals surface area contributed by atoms with Crippen molar-refractivity contribution in [3.8, 4) is 6.07 Å². The third kappa shape index (κ3) is 1.84. The van der Waals surface area contributed by atoms with Gasteiger partial charge in [0.2, 0.25) is 5.91 Å². The number of hydrogen-bond donors (Lipinski definition) is 0. The second-order valence-electron chi connectivity index (χ2n) is 3.86. The highest BCUT2D eigenvalue weighted by molar-refractivity contribution is 5.84. The molecule has 0 aromatic heterocycles. The summed E-state index contributed by atoms with van der Waals surface area (Å²) in [5, 5.41) is 8.75. The quantitative estimate of drug-likeness (QED) is 0.681. The van der Waals surface area contributed by atoms with E-state index in [0.29, 0.717) is 13.0 Å². The minimum absolute atomic E-state index is 0.0714. The summed E-state index contributed by atoms with van der Waals surface area (Å²) >= 11 is 0. The Hall–Kier alpha value is -1.82. The van der Waals surface area contributed by atoms with Gasteiger partial charge in [0.25, 0.3) is 0 Å². The smallest absolute Gasteiger partial charge is 0.227 e. The van der Waals surface area contributed by atoms with Gasteiger partial charge in [-0.2, -0.15) is 5.26 Å². The van der Waals surface area contributed by atoms with Crippen LogP contribution in [0.5, 0.6) is 0 Å². The minimum Gasteiger partial charge on any atom is -0.322 e. The van der Waals surface area contributed by atoms with Gasteiger partial charge >= 0.3 is 0 Å². The van der Waals surface area contributed by atoms with Gasteiger partial charge in [0.05, 0.1) is 12.5 Å². The van der Waals surface area contributed by atoms with Gasteiger partial charge in [0, 0.05) is 6.54 Å². The molecule has 1 heterocycles. The highest BCUT2D eigenvalue weighted by Gasteiger charge is 2.35. The van der Waals surface area contributed by atoms with Crippen LogP contribution in [0.2, 0.25) is 0 Å². The van der Waals surface area contributed by atoms with E-state index in [1.54, 1.807) is 4.90 Å². The molecule has 1 aromatic carbocycles. The molecule has 0 saturated carbocycles. The average molecular weight is 200 g/mol. The van der Waals surface area contributed by atoms with Crippen molar-refractivity contribution in [2.45, 2.75) is 25.9 Å². The van der Waals surface area contributed by atoms with Crippen LogP contribution in [0.3, 0.4) is 0 Å². The Balaban J connectivity index is 2.06. The fourth-order valence-electron chi connectivity index (χ4n) is 1.66. The molecule has 0 aliphatic carbocycles. The summed E-state index contributed by atoms with van der Waals surface area (Å²) in [6.45, 7) is 2.58. The fourth-order valence-corrected chi connectivity index (χ4v) is 1.66. The van der Waals surface area contributed by atoms with Gasteiger partial charge in [-0.05, 0) is 12.5 Å². The van der Waals surface area contributed by atoms with Gasteiger partial charge in [-0.15, -0.1) is 0 Å². The van der Waals surface area contributed by atoms with Gasteiger partial charge in [-0.1, -0.05) is 29.8 Å². The normalized spacial score (nSPS) is 19.6. The Labute approximate surface area is 88.9 Å². The Bertz CT molecular complexity index is 416. The number of carbonyl (C=O) groups is 1. The van der Waals surface area contributed by atoms with E-state index in [1.807, 2.05) is 31.2 Å². The van der Waals surface area contributed by atoms with Crippen LogP contribution in [0.15, 0.2) is 24.3 Å². The third-order valence-electron chi connectivity index (χ3n) is 2.69. The van der Waals surface area contributed by atoms with Crippen molar-refractivity contribution >= 4 is 5.91 Å². The number of nitrogens with zero attached hydrogens (tertiary/aromatic N) is 2. The molecule has 1 aliphatic rings. The summed E-state index contributed by atoms with van der Waals surface area (Å²) in [7, 11) is 0. The molecule has 3 heteroatoms. The fraction of sp³-hybridized carbons (Fsp3) is 0.333. The molecule has 1 aromatic rings. The molecule has 0 spiro atoms. The molecule has 3 nitrogen and oxygen atoms in total. The molecular formula is C12H12N2O. The Kier molecular flexibility index (Phi) is 2.42. The standard InChI is InChI=1S/C12H12N2O/c1-9-2-4-10(5-3-9)8-14-11(7-13)6-12(14)15/h2-5,11H,6,8H2,1H3/t11-/m0/s1. The van der Waals surface area contributed by atoms with E-state index in [4.69, 9.17) is 5.26 Å². The molecule has 15 heavy (non-hydrogen) atoms. The predicted octanol–water partition coefficient (Wildman–Crippen LogP) is 1.62. The van der Waals surface area contributed by atoms with Crippen LogP contribution >= 0.6 is 0 Å². The van der Waals surface area contributed by atoms with E-state index >= 15 is 0 Å². The Morgan fingerprint density at radius 1 is 1.47 bits per heavy atom. The zero-order valence-electron chi connectivity index (χ0n) is 8.60. The lowest BCUT2D eigenvalue weighted by molar-refractivity contribution is -0.144. The van der Waals surface area contributed by atoms with Gasteiger partial charge in [-0.3, -0.25) is 4.79 Å². The van der Waals surface area contributed by atoms with Gasteiger partial charge < -0.3 is 4.90 Å². The number of β-lactam (4-membered cyclic amide) rings is 1. The molecule has 2 rings (SSSR count). The number of nitriles is 1. The molecule has 0 N–H and O–H groups in total. The monoisotopic (exact) mass is 200 g/mol. The van der Waals surface area contributed by atoms with Crippen molar-refractivity contribution in [1.29, 1.82) is 5.26 Å². The summed E-state index contributed by atoms with van der Waals surface area (Å²) in [5.41, 5.74) is 2.28.